The average molecular weight is 282 g/mol. The summed E-state index contributed by atoms with van der Waals surface area (Å²) in [5, 5.41) is 4.13. The summed E-state index contributed by atoms with van der Waals surface area (Å²) >= 11 is 3.23. The van der Waals surface area contributed by atoms with Gasteiger partial charge in [0.2, 0.25) is 0 Å². The maximum Gasteiger partial charge on any atom is 0.350 e. The Bertz CT molecular complexity index is 589. The van der Waals surface area contributed by atoms with E-state index in [1.165, 1.54) is 0 Å². The smallest absolute Gasteiger partial charge is 0.350 e. The van der Waals surface area contributed by atoms with E-state index < -0.39 is 0 Å². The van der Waals surface area contributed by atoms with Gasteiger partial charge in [-0.05, 0) is 47.5 Å². The number of rotatable bonds is 2. The van der Waals surface area contributed by atoms with E-state index >= 15 is 0 Å². The first-order chi connectivity index (χ1) is 7.63. The van der Waals surface area contributed by atoms with Crippen molar-refractivity contribution >= 4 is 32.6 Å². The first-order valence-electron chi connectivity index (χ1n) is 5.10. The minimum absolute atomic E-state index is 0.335. The molecule has 1 aromatic carbocycles. The highest BCUT2D eigenvalue weighted by molar-refractivity contribution is 9.10. The van der Waals surface area contributed by atoms with Crippen LogP contribution in [0.15, 0.2) is 31.9 Å². The third kappa shape index (κ3) is 1.85. The highest BCUT2D eigenvalue weighted by Crippen LogP contribution is 2.24. The normalized spacial score (nSPS) is 10.7. The molecule has 4 heteroatoms. The molecule has 0 aliphatic carbocycles. The summed E-state index contributed by atoms with van der Waals surface area (Å²) in [5.74, 6) is 0. The molecule has 0 radical (unpaired) electrons. The number of nitrogens with one attached hydrogen (secondary N) is 1. The lowest BCUT2D eigenvalue weighted by molar-refractivity contribution is 0.555. The molecule has 0 aliphatic rings. The van der Waals surface area contributed by atoms with Crippen LogP contribution in [0.4, 0.5) is 5.69 Å². The van der Waals surface area contributed by atoms with E-state index in [-0.39, 0.29) is 5.63 Å². The summed E-state index contributed by atoms with van der Waals surface area (Å²) in [7, 11) is 0. The molecule has 0 atom stereocenters. The van der Waals surface area contributed by atoms with Crippen LogP contribution in [-0.2, 0) is 0 Å². The van der Waals surface area contributed by atoms with Crippen LogP contribution in [0.5, 0.6) is 0 Å². The summed E-state index contributed by atoms with van der Waals surface area (Å²) in [5.41, 5.74) is 2.15. The second-order valence-electron chi connectivity index (χ2n) is 3.57. The lowest BCUT2D eigenvalue weighted by Gasteiger charge is -2.06. The van der Waals surface area contributed by atoms with Crippen molar-refractivity contribution in [2.45, 2.75) is 13.8 Å². The minimum atomic E-state index is -0.335. The third-order valence-electron chi connectivity index (χ3n) is 2.48. The summed E-state index contributed by atoms with van der Waals surface area (Å²) in [6, 6.07) is 5.78. The second-order valence-corrected chi connectivity index (χ2v) is 4.36. The Morgan fingerprint density at radius 2 is 2.19 bits per heavy atom. The zero-order valence-corrected chi connectivity index (χ0v) is 10.7. The molecule has 1 aromatic heterocycles. The van der Waals surface area contributed by atoms with Gasteiger partial charge >= 0.3 is 5.63 Å². The first-order valence-corrected chi connectivity index (χ1v) is 5.89. The first kappa shape index (κ1) is 11.2. The zero-order valence-electron chi connectivity index (χ0n) is 9.13. The van der Waals surface area contributed by atoms with Crippen molar-refractivity contribution in [3.8, 4) is 0 Å². The Morgan fingerprint density at radius 1 is 1.44 bits per heavy atom. The molecule has 0 aliphatic heterocycles. The van der Waals surface area contributed by atoms with Crippen molar-refractivity contribution < 1.29 is 4.42 Å². The Balaban J connectivity index is 2.71. The van der Waals surface area contributed by atoms with Gasteiger partial charge in [0.25, 0.3) is 0 Å². The number of fused-ring (bicyclic) bond motifs is 1. The topological polar surface area (TPSA) is 42.2 Å². The maximum atomic E-state index is 11.5. The van der Waals surface area contributed by atoms with E-state index in [1.54, 1.807) is 0 Å². The molecule has 0 amide bonds. The summed E-state index contributed by atoms with van der Waals surface area (Å²) in [6.45, 7) is 4.76. The van der Waals surface area contributed by atoms with E-state index in [9.17, 15) is 4.79 Å². The van der Waals surface area contributed by atoms with Crippen LogP contribution in [0.1, 0.15) is 12.5 Å². The molecule has 1 N–H and O–H groups in total. The fourth-order valence-corrected chi connectivity index (χ4v) is 1.94. The Labute approximate surface area is 102 Å². The predicted molar refractivity (Wildman–Crippen MR) is 69.1 cm³/mol. The zero-order chi connectivity index (χ0) is 11.7. The van der Waals surface area contributed by atoms with Crippen molar-refractivity contribution in [2.75, 3.05) is 11.9 Å². The van der Waals surface area contributed by atoms with Crippen LogP contribution in [0.2, 0.25) is 0 Å². The monoisotopic (exact) mass is 281 g/mol. The molecular weight excluding hydrogens is 270 g/mol. The van der Waals surface area contributed by atoms with Crippen molar-refractivity contribution in [1.29, 1.82) is 0 Å². The molecule has 1 heterocycles. The van der Waals surface area contributed by atoms with Crippen LogP contribution in [-0.4, -0.2) is 6.54 Å². The van der Waals surface area contributed by atoms with Gasteiger partial charge in [-0.3, -0.25) is 0 Å². The molecule has 84 valence electrons. The van der Waals surface area contributed by atoms with Crippen molar-refractivity contribution in [1.82, 2.24) is 0 Å². The van der Waals surface area contributed by atoms with Crippen LogP contribution in [0, 0.1) is 6.92 Å². The molecule has 0 saturated carbocycles. The van der Waals surface area contributed by atoms with Crippen molar-refractivity contribution in [3.05, 3.63) is 38.7 Å². The van der Waals surface area contributed by atoms with Gasteiger partial charge in [0, 0.05) is 23.7 Å². The minimum Gasteiger partial charge on any atom is -0.422 e. The van der Waals surface area contributed by atoms with Gasteiger partial charge in [-0.2, -0.15) is 0 Å². The predicted octanol–water partition coefficient (Wildman–Crippen LogP) is 3.30. The molecule has 2 aromatic rings. The molecular formula is C12H12BrNO2. The van der Waals surface area contributed by atoms with Crippen LogP contribution in [0.3, 0.4) is 0 Å². The van der Waals surface area contributed by atoms with E-state index in [0.717, 1.165) is 23.2 Å². The van der Waals surface area contributed by atoms with Gasteiger partial charge in [0.05, 0.1) is 0 Å². The molecule has 0 fully saturated rings. The molecule has 3 nitrogen and oxygen atoms in total. The Hall–Kier alpha value is -1.29. The summed E-state index contributed by atoms with van der Waals surface area (Å²) < 4.78 is 5.71. The van der Waals surface area contributed by atoms with E-state index in [0.29, 0.717) is 10.1 Å². The molecule has 0 bridgehead atoms. The van der Waals surface area contributed by atoms with Crippen LogP contribution < -0.4 is 10.9 Å². The van der Waals surface area contributed by atoms with E-state index in [2.05, 4.69) is 21.2 Å². The van der Waals surface area contributed by atoms with Gasteiger partial charge in [-0.1, -0.05) is 0 Å². The van der Waals surface area contributed by atoms with Crippen LogP contribution >= 0.6 is 15.9 Å². The van der Waals surface area contributed by atoms with Gasteiger partial charge in [-0.25, -0.2) is 4.79 Å². The van der Waals surface area contributed by atoms with Gasteiger partial charge in [0.1, 0.15) is 10.1 Å². The SMILES string of the molecule is CCNc1ccc2c(C)c(Br)c(=O)oc2c1. The summed E-state index contributed by atoms with van der Waals surface area (Å²) in [4.78, 5) is 11.5. The quantitative estimate of drug-likeness (QED) is 0.859. The van der Waals surface area contributed by atoms with Gasteiger partial charge in [-0.15, -0.1) is 0 Å². The fourth-order valence-electron chi connectivity index (χ4n) is 1.65. The molecule has 0 spiro atoms. The molecule has 16 heavy (non-hydrogen) atoms. The third-order valence-corrected chi connectivity index (χ3v) is 3.40. The summed E-state index contributed by atoms with van der Waals surface area (Å²) in [6.07, 6.45) is 0. The number of anilines is 1. The number of halogens is 1. The Morgan fingerprint density at radius 3 is 2.88 bits per heavy atom. The largest absolute Gasteiger partial charge is 0.422 e. The maximum absolute atomic E-state index is 11.5. The number of benzene rings is 1. The van der Waals surface area contributed by atoms with E-state index in [4.69, 9.17) is 4.42 Å². The number of hydrogen-bond donors (Lipinski definition) is 1. The van der Waals surface area contributed by atoms with Crippen molar-refractivity contribution in [3.63, 3.8) is 0 Å². The lowest BCUT2D eigenvalue weighted by atomic mass is 10.1. The van der Waals surface area contributed by atoms with Gasteiger partial charge in [0.15, 0.2) is 0 Å². The lowest BCUT2D eigenvalue weighted by Crippen LogP contribution is -2.03. The Kier molecular flexibility index (Phi) is 3.01. The molecule has 2 rings (SSSR count). The number of hydrogen-bond acceptors (Lipinski definition) is 3. The fraction of sp³-hybridized carbons (Fsp3) is 0.250. The standard InChI is InChI=1S/C12H12BrNO2/c1-3-14-8-4-5-9-7(2)11(13)12(15)16-10(9)6-8/h4-6,14H,3H2,1-2H3. The second kappa shape index (κ2) is 4.29. The highest BCUT2D eigenvalue weighted by atomic mass is 79.9. The number of aryl methyl sites for hydroxylation is 1. The van der Waals surface area contributed by atoms with Crippen molar-refractivity contribution in [2.24, 2.45) is 0 Å². The average Bonchev–Trinajstić information content (AvgIpc) is 2.26. The molecule has 0 unspecified atom stereocenters. The van der Waals surface area contributed by atoms with Gasteiger partial charge < -0.3 is 9.73 Å². The highest BCUT2D eigenvalue weighted by Gasteiger charge is 2.08. The van der Waals surface area contributed by atoms with E-state index in [1.807, 2.05) is 32.0 Å². The molecule has 0 saturated heterocycles. The van der Waals surface area contributed by atoms with Crippen LogP contribution in [0.25, 0.3) is 11.0 Å².